The topological polar surface area (TPSA) is 108 Å². The van der Waals surface area contributed by atoms with Gasteiger partial charge in [0.25, 0.3) is 0 Å². The number of hydrogen-bond donors (Lipinski definition) is 4. The fourth-order valence-electron chi connectivity index (χ4n) is 3.47. The van der Waals surface area contributed by atoms with Crippen LogP contribution in [-0.2, 0) is 6.54 Å². The quantitative estimate of drug-likeness (QED) is 0.246. The lowest BCUT2D eigenvalue weighted by Gasteiger charge is -2.09. The normalized spacial score (nSPS) is 10.7. The molecule has 0 radical (unpaired) electrons. The van der Waals surface area contributed by atoms with Gasteiger partial charge in [-0.05, 0) is 72.3 Å². The number of aromatic nitrogens is 4. The van der Waals surface area contributed by atoms with Crippen molar-refractivity contribution in [2.45, 2.75) is 6.54 Å². The first kappa shape index (κ1) is 21.4. The van der Waals surface area contributed by atoms with Crippen molar-refractivity contribution in [3.63, 3.8) is 0 Å². The van der Waals surface area contributed by atoms with Crippen molar-refractivity contribution in [1.82, 2.24) is 19.9 Å². The van der Waals surface area contributed by atoms with Crippen molar-refractivity contribution in [2.75, 3.05) is 16.0 Å². The molecule has 3 aromatic heterocycles. The molecular weight excluding hydrogens is 450 g/mol. The van der Waals surface area contributed by atoms with Crippen molar-refractivity contribution in [2.24, 2.45) is 0 Å². The van der Waals surface area contributed by atoms with E-state index in [1.54, 1.807) is 48.9 Å². The molecule has 8 nitrogen and oxygen atoms in total. The summed E-state index contributed by atoms with van der Waals surface area (Å²) in [6, 6.07) is 19.8. The van der Waals surface area contributed by atoms with Gasteiger partial charge in [-0.15, -0.1) is 0 Å². The van der Waals surface area contributed by atoms with E-state index in [1.807, 2.05) is 36.4 Å². The summed E-state index contributed by atoms with van der Waals surface area (Å²) < 4.78 is 0. The minimum absolute atomic E-state index is 0.351. The number of pyridine rings is 2. The minimum Gasteiger partial charge on any atom is -0.365 e. The number of imidazole rings is 1. The van der Waals surface area contributed by atoms with E-state index in [1.165, 1.54) is 0 Å². The van der Waals surface area contributed by atoms with Gasteiger partial charge in [0.2, 0.25) is 0 Å². The van der Waals surface area contributed by atoms with Gasteiger partial charge in [-0.25, -0.2) is 14.8 Å². The highest BCUT2D eigenvalue weighted by molar-refractivity contribution is 6.30. The third-order valence-electron chi connectivity index (χ3n) is 5.11. The Hall–Kier alpha value is -4.43. The third-order valence-corrected chi connectivity index (χ3v) is 5.37. The first-order valence-electron chi connectivity index (χ1n) is 10.6. The van der Waals surface area contributed by atoms with Crippen LogP contribution in [0.3, 0.4) is 0 Å². The molecule has 0 aliphatic heterocycles. The maximum absolute atomic E-state index is 12.4. The Morgan fingerprint density at radius 3 is 2.50 bits per heavy atom. The molecule has 0 saturated heterocycles. The molecule has 34 heavy (non-hydrogen) atoms. The average molecular weight is 470 g/mol. The van der Waals surface area contributed by atoms with E-state index in [0.29, 0.717) is 28.8 Å². The Morgan fingerprint density at radius 2 is 1.68 bits per heavy atom. The molecule has 4 N–H and O–H groups in total. The largest absolute Gasteiger partial charge is 0.365 e. The van der Waals surface area contributed by atoms with Crippen molar-refractivity contribution in [3.05, 3.63) is 95.9 Å². The zero-order chi connectivity index (χ0) is 23.3. The number of aromatic amines is 1. The summed E-state index contributed by atoms with van der Waals surface area (Å²) in [5, 5.41) is 9.58. The molecular formula is C25H20ClN7O. The molecule has 9 heteroatoms. The first-order valence-corrected chi connectivity index (χ1v) is 10.9. The fraction of sp³-hybridized carbons (Fsp3) is 0.0400. The molecule has 0 fully saturated rings. The fourth-order valence-corrected chi connectivity index (χ4v) is 3.59. The van der Waals surface area contributed by atoms with Gasteiger partial charge < -0.3 is 20.9 Å². The van der Waals surface area contributed by atoms with Crippen LogP contribution in [0.25, 0.3) is 22.4 Å². The molecule has 168 valence electrons. The predicted molar refractivity (Wildman–Crippen MR) is 135 cm³/mol. The van der Waals surface area contributed by atoms with Crippen LogP contribution in [0, 0.1) is 0 Å². The summed E-state index contributed by atoms with van der Waals surface area (Å²) in [5.74, 6) is 1.40. The molecule has 0 spiro atoms. The Kier molecular flexibility index (Phi) is 6.05. The lowest BCUT2D eigenvalue weighted by molar-refractivity contribution is 0.262. The van der Waals surface area contributed by atoms with Gasteiger partial charge in [0.1, 0.15) is 11.6 Å². The van der Waals surface area contributed by atoms with Crippen LogP contribution in [0.2, 0.25) is 5.02 Å². The summed E-state index contributed by atoms with van der Waals surface area (Å²) >= 11 is 5.89. The van der Waals surface area contributed by atoms with Gasteiger partial charge in [0.05, 0.1) is 16.6 Å². The van der Waals surface area contributed by atoms with Crippen molar-refractivity contribution in [3.8, 4) is 11.4 Å². The summed E-state index contributed by atoms with van der Waals surface area (Å²) in [6.07, 6.45) is 5.26. The van der Waals surface area contributed by atoms with Crippen molar-refractivity contribution in [1.29, 1.82) is 0 Å². The molecule has 3 heterocycles. The number of anilines is 3. The smallest absolute Gasteiger partial charge is 0.323 e. The second kappa shape index (κ2) is 9.60. The van der Waals surface area contributed by atoms with Crippen LogP contribution >= 0.6 is 11.6 Å². The Labute approximate surface area is 200 Å². The number of nitrogens with zero attached hydrogens (tertiary/aromatic N) is 3. The third kappa shape index (κ3) is 4.97. The van der Waals surface area contributed by atoms with Crippen LogP contribution in [0.5, 0.6) is 0 Å². The number of hydrogen-bond acceptors (Lipinski definition) is 5. The second-order valence-electron chi connectivity index (χ2n) is 7.51. The monoisotopic (exact) mass is 469 g/mol. The van der Waals surface area contributed by atoms with E-state index in [4.69, 9.17) is 16.6 Å². The molecule has 0 unspecified atom stereocenters. The van der Waals surface area contributed by atoms with Crippen molar-refractivity contribution < 1.29 is 4.79 Å². The number of rotatable bonds is 6. The van der Waals surface area contributed by atoms with Gasteiger partial charge in [-0.3, -0.25) is 4.98 Å². The van der Waals surface area contributed by atoms with E-state index in [2.05, 4.69) is 30.9 Å². The van der Waals surface area contributed by atoms with Gasteiger partial charge >= 0.3 is 6.03 Å². The van der Waals surface area contributed by atoms with E-state index >= 15 is 0 Å². The predicted octanol–water partition coefficient (Wildman–Crippen LogP) is 5.93. The van der Waals surface area contributed by atoms with Gasteiger partial charge in [-0.1, -0.05) is 11.6 Å². The van der Waals surface area contributed by atoms with E-state index in [9.17, 15) is 4.79 Å². The number of carbonyl (C=O) groups is 1. The summed E-state index contributed by atoms with van der Waals surface area (Å²) in [7, 11) is 0. The molecule has 0 saturated carbocycles. The number of halogens is 1. The molecule has 2 aromatic carbocycles. The van der Waals surface area contributed by atoms with Crippen LogP contribution in [0.1, 0.15) is 5.56 Å². The van der Waals surface area contributed by atoms with E-state index < -0.39 is 0 Å². The van der Waals surface area contributed by atoms with Gasteiger partial charge in [0, 0.05) is 41.5 Å². The number of nitrogens with one attached hydrogen (secondary N) is 4. The Balaban J connectivity index is 1.33. The lowest BCUT2D eigenvalue weighted by Crippen LogP contribution is -2.19. The van der Waals surface area contributed by atoms with Crippen LogP contribution in [-0.4, -0.2) is 26.0 Å². The maximum Gasteiger partial charge on any atom is 0.323 e. The molecule has 2 amide bonds. The summed E-state index contributed by atoms with van der Waals surface area (Å²) in [6.45, 7) is 0.615. The molecule has 0 atom stereocenters. The Morgan fingerprint density at radius 1 is 0.912 bits per heavy atom. The molecule has 0 bridgehead atoms. The molecule has 5 aromatic rings. The number of urea groups is 1. The molecule has 0 aliphatic carbocycles. The number of benzene rings is 2. The second-order valence-corrected chi connectivity index (χ2v) is 7.95. The van der Waals surface area contributed by atoms with Gasteiger partial charge in [-0.2, -0.15) is 0 Å². The lowest BCUT2D eigenvalue weighted by atomic mass is 10.2. The first-order chi connectivity index (χ1) is 16.6. The summed E-state index contributed by atoms with van der Waals surface area (Å²) in [5.41, 5.74) is 4.81. The van der Waals surface area contributed by atoms with Crippen LogP contribution < -0.4 is 16.0 Å². The van der Waals surface area contributed by atoms with E-state index in [-0.39, 0.29) is 6.03 Å². The minimum atomic E-state index is -0.351. The number of carbonyl (C=O) groups excluding carboxylic acids is 1. The number of amides is 2. The van der Waals surface area contributed by atoms with Crippen LogP contribution in [0.15, 0.2) is 85.3 Å². The van der Waals surface area contributed by atoms with Gasteiger partial charge in [0.15, 0.2) is 0 Å². The van der Waals surface area contributed by atoms with Crippen molar-refractivity contribution >= 4 is 45.9 Å². The zero-order valence-electron chi connectivity index (χ0n) is 17.9. The SMILES string of the molecule is O=C(Nc1ccc(Cl)cc1)Nc1ccc2nc(-c3cccnc3NCc3ccncc3)[nH]c2c1. The zero-order valence-corrected chi connectivity index (χ0v) is 18.7. The average Bonchev–Trinajstić information content (AvgIpc) is 3.28. The Bertz CT molecular complexity index is 1440. The maximum atomic E-state index is 12.4. The van der Waals surface area contributed by atoms with Crippen LogP contribution in [0.4, 0.5) is 22.0 Å². The standard InChI is InChI=1S/C25H20ClN7O/c26-17-3-5-18(6-4-17)30-25(34)31-19-7-8-21-22(14-19)33-24(32-21)20-2-1-11-28-23(20)29-15-16-9-12-27-13-10-16/h1-14H,15H2,(H,28,29)(H,32,33)(H2,30,31,34). The number of fused-ring (bicyclic) bond motifs is 1. The highest BCUT2D eigenvalue weighted by atomic mass is 35.5. The molecule has 0 aliphatic rings. The van der Waals surface area contributed by atoms with E-state index in [0.717, 1.165) is 28.0 Å². The number of H-pyrrole nitrogens is 1. The highest BCUT2D eigenvalue weighted by Crippen LogP contribution is 2.27. The summed E-state index contributed by atoms with van der Waals surface area (Å²) in [4.78, 5) is 28.9. The highest BCUT2D eigenvalue weighted by Gasteiger charge is 2.12. The molecule has 5 rings (SSSR count).